The summed E-state index contributed by atoms with van der Waals surface area (Å²) in [5, 5.41) is 15.3. The summed E-state index contributed by atoms with van der Waals surface area (Å²) < 4.78 is 1.94. The van der Waals surface area contributed by atoms with E-state index in [0.29, 0.717) is 17.4 Å². The van der Waals surface area contributed by atoms with Gasteiger partial charge in [-0.1, -0.05) is 12.1 Å². The maximum absolute atomic E-state index is 10.8. The molecule has 0 fully saturated rings. The first-order valence-electron chi connectivity index (χ1n) is 6.35. The van der Waals surface area contributed by atoms with Crippen LogP contribution >= 0.6 is 0 Å². The first-order chi connectivity index (χ1) is 9.15. The third-order valence-corrected chi connectivity index (χ3v) is 3.46. The van der Waals surface area contributed by atoms with Gasteiger partial charge in [-0.3, -0.25) is 10.1 Å². The summed E-state index contributed by atoms with van der Waals surface area (Å²) in [6.45, 7) is 2.12. The highest BCUT2D eigenvalue weighted by Crippen LogP contribution is 2.26. The number of aromatic nitrogens is 3. The Kier molecular flexibility index (Phi) is 2.77. The lowest BCUT2D eigenvalue weighted by Crippen LogP contribution is -2.16. The third-order valence-electron chi connectivity index (χ3n) is 3.46. The topological polar surface area (TPSA) is 73.8 Å². The van der Waals surface area contributed by atoms with Crippen LogP contribution in [0.25, 0.3) is 11.4 Å². The van der Waals surface area contributed by atoms with Gasteiger partial charge in [-0.05, 0) is 19.8 Å². The number of fused-ring (bicyclic) bond motifs is 1. The molecule has 6 heteroatoms. The lowest BCUT2D eigenvalue weighted by molar-refractivity contribution is -0.384. The van der Waals surface area contributed by atoms with E-state index in [9.17, 15) is 10.1 Å². The van der Waals surface area contributed by atoms with Crippen LogP contribution in [-0.4, -0.2) is 19.7 Å². The fraction of sp³-hybridized carbons (Fsp3) is 0.385. The molecule has 0 amide bonds. The molecule has 6 nitrogen and oxygen atoms in total. The number of non-ortho nitro benzene ring substituents is 1. The van der Waals surface area contributed by atoms with Crippen LogP contribution in [0.15, 0.2) is 24.3 Å². The van der Waals surface area contributed by atoms with Crippen molar-refractivity contribution in [3.63, 3.8) is 0 Å². The van der Waals surface area contributed by atoms with Crippen LogP contribution in [0.5, 0.6) is 0 Å². The molecule has 1 unspecified atom stereocenters. The Bertz CT molecular complexity index is 635. The largest absolute Gasteiger partial charge is 0.270 e. The molecule has 3 rings (SSSR count). The Morgan fingerprint density at radius 1 is 1.47 bits per heavy atom. The monoisotopic (exact) mass is 258 g/mol. The Morgan fingerprint density at radius 2 is 2.32 bits per heavy atom. The molecule has 1 atom stereocenters. The Labute approximate surface area is 110 Å². The minimum atomic E-state index is -0.401. The van der Waals surface area contributed by atoms with Gasteiger partial charge in [0.2, 0.25) is 0 Å². The number of hydrogen-bond acceptors (Lipinski definition) is 4. The summed E-state index contributed by atoms with van der Waals surface area (Å²) in [7, 11) is 0. The van der Waals surface area contributed by atoms with Gasteiger partial charge < -0.3 is 0 Å². The second-order valence-corrected chi connectivity index (χ2v) is 4.84. The van der Waals surface area contributed by atoms with Crippen molar-refractivity contribution in [1.82, 2.24) is 14.8 Å². The maximum atomic E-state index is 10.8. The van der Waals surface area contributed by atoms with Crippen molar-refractivity contribution in [2.75, 3.05) is 0 Å². The van der Waals surface area contributed by atoms with Crippen LogP contribution < -0.4 is 0 Å². The quantitative estimate of drug-likeness (QED) is 0.613. The van der Waals surface area contributed by atoms with Gasteiger partial charge >= 0.3 is 0 Å². The second-order valence-electron chi connectivity index (χ2n) is 4.84. The van der Waals surface area contributed by atoms with Crippen LogP contribution in [0.3, 0.4) is 0 Å². The Hall–Kier alpha value is -2.24. The average Bonchev–Trinajstić information content (AvgIpc) is 2.84. The molecule has 1 aromatic heterocycles. The third kappa shape index (κ3) is 2.09. The SMILES string of the molecule is CC1CCCc2nc(-c3cccc([N+](=O)[O-])c3)nn21. The first kappa shape index (κ1) is 11.8. The van der Waals surface area contributed by atoms with Gasteiger partial charge in [0, 0.05) is 24.1 Å². The molecule has 0 N–H and O–H groups in total. The number of aryl methyl sites for hydroxylation is 1. The number of benzene rings is 1. The maximum Gasteiger partial charge on any atom is 0.270 e. The molecule has 0 aliphatic carbocycles. The Balaban J connectivity index is 2.03. The highest BCUT2D eigenvalue weighted by molar-refractivity contribution is 5.58. The van der Waals surface area contributed by atoms with Crippen molar-refractivity contribution in [2.45, 2.75) is 32.2 Å². The number of nitro benzene ring substituents is 1. The number of nitro groups is 1. The van der Waals surface area contributed by atoms with Gasteiger partial charge in [0.1, 0.15) is 5.82 Å². The number of nitrogens with zero attached hydrogens (tertiary/aromatic N) is 4. The zero-order valence-electron chi connectivity index (χ0n) is 10.6. The van der Waals surface area contributed by atoms with Crippen molar-refractivity contribution in [1.29, 1.82) is 0 Å². The molecule has 2 aromatic rings. The van der Waals surface area contributed by atoms with E-state index in [1.165, 1.54) is 12.1 Å². The lowest BCUT2D eigenvalue weighted by atomic mass is 10.1. The van der Waals surface area contributed by atoms with Crippen LogP contribution in [0.1, 0.15) is 31.6 Å². The van der Waals surface area contributed by atoms with Gasteiger partial charge in [0.15, 0.2) is 5.82 Å². The van der Waals surface area contributed by atoms with Crippen LogP contribution in [0.4, 0.5) is 5.69 Å². The molecule has 0 bridgehead atoms. The average molecular weight is 258 g/mol. The molecular formula is C13H14N4O2. The minimum absolute atomic E-state index is 0.0679. The molecule has 98 valence electrons. The molecule has 0 spiro atoms. The smallest absolute Gasteiger partial charge is 0.258 e. The van der Waals surface area contributed by atoms with Crippen molar-refractivity contribution in [3.05, 3.63) is 40.2 Å². The van der Waals surface area contributed by atoms with E-state index in [4.69, 9.17) is 0 Å². The zero-order valence-corrected chi connectivity index (χ0v) is 10.6. The standard InChI is InChI=1S/C13H14N4O2/c1-9-4-2-7-12-14-13(15-16(9)12)10-5-3-6-11(8-10)17(18)19/h3,5-6,8-9H,2,4,7H2,1H3. The van der Waals surface area contributed by atoms with Crippen LogP contribution in [-0.2, 0) is 6.42 Å². The van der Waals surface area contributed by atoms with Crippen molar-refractivity contribution >= 4 is 5.69 Å². The van der Waals surface area contributed by atoms with Crippen LogP contribution in [0, 0.1) is 10.1 Å². The van der Waals surface area contributed by atoms with Gasteiger partial charge in [0.25, 0.3) is 5.69 Å². The van der Waals surface area contributed by atoms with Gasteiger partial charge in [0.05, 0.1) is 11.0 Å². The highest BCUT2D eigenvalue weighted by atomic mass is 16.6. The van der Waals surface area contributed by atoms with Crippen molar-refractivity contribution < 1.29 is 4.92 Å². The van der Waals surface area contributed by atoms with E-state index in [2.05, 4.69) is 17.0 Å². The van der Waals surface area contributed by atoms with E-state index >= 15 is 0 Å². The molecule has 1 aliphatic heterocycles. The fourth-order valence-electron chi connectivity index (χ4n) is 2.44. The van der Waals surface area contributed by atoms with Gasteiger partial charge in [-0.2, -0.15) is 5.10 Å². The molecule has 0 radical (unpaired) electrons. The molecule has 19 heavy (non-hydrogen) atoms. The summed E-state index contributed by atoms with van der Waals surface area (Å²) in [5.74, 6) is 1.55. The Morgan fingerprint density at radius 3 is 3.05 bits per heavy atom. The molecule has 1 aliphatic rings. The van der Waals surface area contributed by atoms with Crippen LogP contribution in [0.2, 0.25) is 0 Å². The lowest BCUT2D eigenvalue weighted by Gasteiger charge is -2.18. The van der Waals surface area contributed by atoms with E-state index in [1.807, 2.05) is 4.68 Å². The summed E-state index contributed by atoms with van der Waals surface area (Å²) >= 11 is 0. The molecule has 1 aromatic carbocycles. The van der Waals surface area contributed by atoms with E-state index in [0.717, 1.165) is 25.1 Å². The summed E-state index contributed by atoms with van der Waals surface area (Å²) in [6.07, 6.45) is 3.14. The predicted molar refractivity (Wildman–Crippen MR) is 69.8 cm³/mol. The molecule has 0 saturated heterocycles. The van der Waals surface area contributed by atoms with Crippen molar-refractivity contribution in [3.8, 4) is 11.4 Å². The number of hydrogen-bond donors (Lipinski definition) is 0. The van der Waals surface area contributed by atoms with Crippen molar-refractivity contribution in [2.24, 2.45) is 0 Å². The predicted octanol–water partition coefficient (Wildman–Crippen LogP) is 2.75. The van der Waals surface area contributed by atoms with E-state index in [1.54, 1.807) is 12.1 Å². The first-order valence-corrected chi connectivity index (χ1v) is 6.35. The summed E-state index contributed by atoms with van der Waals surface area (Å²) in [4.78, 5) is 14.9. The molecular weight excluding hydrogens is 244 g/mol. The van der Waals surface area contributed by atoms with Gasteiger partial charge in [-0.15, -0.1) is 0 Å². The second kappa shape index (κ2) is 4.46. The molecule has 0 saturated carbocycles. The minimum Gasteiger partial charge on any atom is -0.258 e. The number of rotatable bonds is 2. The summed E-state index contributed by atoms with van der Waals surface area (Å²) in [6, 6.07) is 6.81. The van der Waals surface area contributed by atoms with E-state index < -0.39 is 4.92 Å². The fourth-order valence-corrected chi connectivity index (χ4v) is 2.44. The summed E-state index contributed by atoms with van der Waals surface area (Å²) in [5.41, 5.74) is 0.765. The zero-order chi connectivity index (χ0) is 13.4. The van der Waals surface area contributed by atoms with E-state index in [-0.39, 0.29) is 5.69 Å². The normalized spacial score (nSPS) is 18.1. The van der Waals surface area contributed by atoms with Gasteiger partial charge in [-0.25, -0.2) is 9.67 Å². The molecule has 2 heterocycles. The highest BCUT2D eigenvalue weighted by Gasteiger charge is 2.20.